The van der Waals surface area contributed by atoms with Crippen molar-refractivity contribution in [2.45, 2.75) is 25.3 Å². The maximum Gasteiger partial charge on any atom is 0.319 e. The molecule has 0 spiro atoms. The van der Waals surface area contributed by atoms with Gasteiger partial charge in [0, 0.05) is 24.6 Å². The monoisotopic (exact) mass is 296 g/mol. The van der Waals surface area contributed by atoms with E-state index in [4.69, 9.17) is 0 Å². The van der Waals surface area contributed by atoms with Crippen molar-refractivity contribution in [3.8, 4) is 0 Å². The number of carbonyl (C=O) groups is 1. The van der Waals surface area contributed by atoms with Gasteiger partial charge >= 0.3 is 6.03 Å². The Labute approximate surface area is 121 Å². The number of halogens is 2. The minimum absolute atomic E-state index is 0.0526. The highest BCUT2D eigenvalue weighted by Gasteiger charge is 2.47. The summed E-state index contributed by atoms with van der Waals surface area (Å²) in [5.41, 5.74) is -0.0578. The van der Waals surface area contributed by atoms with Gasteiger partial charge in [-0.05, 0) is 43.2 Å². The molecule has 0 saturated heterocycles. The molecule has 1 aromatic rings. The Morgan fingerprint density at radius 1 is 1.29 bits per heavy atom. The van der Waals surface area contributed by atoms with E-state index in [1.165, 1.54) is 6.07 Å². The fraction of sp³-hybridized carbons (Fsp3) is 0.533. The molecule has 3 N–H and O–H groups in total. The van der Waals surface area contributed by atoms with Crippen molar-refractivity contribution in [2.75, 3.05) is 11.9 Å². The number of amides is 2. The third kappa shape index (κ3) is 2.72. The van der Waals surface area contributed by atoms with Gasteiger partial charge in [0.25, 0.3) is 0 Å². The summed E-state index contributed by atoms with van der Waals surface area (Å²) in [7, 11) is 0. The van der Waals surface area contributed by atoms with Crippen LogP contribution in [0.15, 0.2) is 18.2 Å². The van der Waals surface area contributed by atoms with E-state index in [1.807, 2.05) is 0 Å². The van der Waals surface area contributed by atoms with Crippen LogP contribution in [0, 0.1) is 29.4 Å². The van der Waals surface area contributed by atoms with Crippen LogP contribution in [0.4, 0.5) is 19.3 Å². The van der Waals surface area contributed by atoms with Gasteiger partial charge in [-0.25, -0.2) is 13.6 Å². The maximum atomic E-state index is 13.5. The maximum absolute atomic E-state index is 13.5. The third-order valence-electron chi connectivity index (χ3n) is 4.78. The van der Waals surface area contributed by atoms with Gasteiger partial charge in [0.1, 0.15) is 11.6 Å². The molecule has 1 aromatic carbocycles. The number of aliphatic hydroxyl groups is 1. The molecule has 2 fully saturated rings. The van der Waals surface area contributed by atoms with E-state index in [0.717, 1.165) is 31.4 Å². The van der Waals surface area contributed by atoms with Gasteiger partial charge in [-0.2, -0.15) is 0 Å². The Kier molecular flexibility index (Phi) is 3.80. The second kappa shape index (κ2) is 5.60. The van der Waals surface area contributed by atoms with Crippen LogP contribution in [0.1, 0.15) is 19.3 Å². The molecule has 21 heavy (non-hydrogen) atoms. The van der Waals surface area contributed by atoms with Gasteiger partial charge < -0.3 is 15.7 Å². The largest absolute Gasteiger partial charge is 0.396 e. The zero-order chi connectivity index (χ0) is 15.0. The van der Waals surface area contributed by atoms with Crippen LogP contribution in [0.2, 0.25) is 0 Å². The Balaban J connectivity index is 1.64. The lowest BCUT2D eigenvalue weighted by Crippen LogP contribution is -2.46. The van der Waals surface area contributed by atoms with Crippen LogP contribution < -0.4 is 10.6 Å². The van der Waals surface area contributed by atoms with E-state index in [-0.39, 0.29) is 24.3 Å². The summed E-state index contributed by atoms with van der Waals surface area (Å²) in [6.07, 6.45) is 3.18. The van der Waals surface area contributed by atoms with Crippen LogP contribution in [0.5, 0.6) is 0 Å². The van der Waals surface area contributed by atoms with Gasteiger partial charge in [-0.3, -0.25) is 0 Å². The summed E-state index contributed by atoms with van der Waals surface area (Å²) in [6, 6.07) is 2.42. The first-order valence-corrected chi connectivity index (χ1v) is 7.22. The summed E-state index contributed by atoms with van der Waals surface area (Å²) in [4.78, 5) is 12.0. The minimum atomic E-state index is -0.809. The summed E-state index contributed by atoms with van der Waals surface area (Å²) < 4.78 is 26.3. The molecule has 3 rings (SSSR count). The molecule has 4 nitrogen and oxygen atoms in total. The van der Waals surface area contributed by atoms with Crippen LogP contribution >= 0.6 is 0 Å². The molecule has 4 unspecified atom stereocenters. The van der Waals surface area contributed by atoms with E-state index in [9.17, 15) is 18.7 Å². The van der Waals surface area contributed by atoms with Crippen molar-refractivity contribution in [3.63, 3.8) is 0 Å². The molecule has 4 atom stereocenters. The number of benzene rings is 1. The molecule has 2 aliphatic rings. The second-order valence-corrected chi connectivity index (χ2v) is 5.93. The summed E-state index contributed by atoms with van der Waals surface area (Å²) in [5.74, 6) is -0.569. The quantitative estimate of drug-likeness (QED) is 0.802. The number of aliphatic hydroxyl groups excluding tert-OH is 1. The standard InChI is InChI=1S/C15H18F2N2O2/c16-10-3-4-13(12(17)6-10)18-15(21)19-14-9-2-1-8(5-9)11(14)7-20/h3-4,6,8-9,11,14,20H,1-2,5,7H2,(H2,18,19,21). The molecule has 0 radical (unpaired) electrons. The van der Waals surface area contributed by atoms with Gasteiger partial charge in [0.2, 0.25) is 0 Å². The fourth-order valence-corrected chi connectivity index (χ4v) is 3.80. The SMILES string of the molecule is O=C(Nc1ccc(F)cc1F)NC1C2CCC(C2)C1CO. The molecule has 114 valence electrons. The van der Waals surface area contributed by atoms with Crippen LogP contribution in [0.25, 0.3) is 0 Å². The van der Waals surface area contributed by atoms with E-state index in [0.29, 0.717) is 11.8 Å². The molecule has 0 aromatic heterocycles. The third-order valence-corrected chi connectivity index (χ3v) is 4.78. The fourth-order valence-electron chi connectivity index (χ4n) is 3.80. The first-order chi connectivity index (χ1) is 10.1. The number of carbonyl (C=O) groups excluding carboxylic acids is 1. The van der Waals surface area contributed by atoms with Crippen LogP contribution in [-0.2, 0) is 0 Å². The van der Waals surface area contributed by atoms with Crippen molar-refractivity contribution in [1.29, 1.82) is 0 Å². The van der Waals surface area contributed by atoms with Crippen molar-refractivity contribution < 1.29 is 18.7 Å². The summed E-state index contributed by atoms with van der Waals surface area (Å²) in [5, 5.41) is 14.7. The highest BCUT2D eigenvalue weighted by Crippen LogP contribution is 2.48. The number of anilines is 1. The number of rotatable bonds is 3. The lowest BCUT2D eigenvalue weighted by atomic mass is 9.85. The Morgan fingerprint density at radius 3 is 2.76 bits per heavy atom. The molecule has 2 bridgehead atoms. The number of fused-ring (bicyclic) bond motifs is 2. The van der Waals surface area contributed by atoms with Crippen molar-refractivity contribution >= 4 is 11.7 Å². The average Bonchev–Trinajstić information content (AvgIpc) is 3.03. The molecule has 2 saturated carbocycles. The van der Waals surface area contributed by atoms with Crippen molar-refractivity contribution in [2.24, 2.45) is 17.8 Å². The van der Waals surface area contributed by atoms with Crippen molar-refractivity contribution in [3.05, 3.63) is 29.8 Å². The topological polar surface area (TPSA) is 61.4 Å². The summed E-state index contributed by atoms with van der Waals surface area (Å²) in [6.45, 7) is 0.0526. The van der Waals surface area contributed by atoms with E-state index in [2.05, 4.69) is 10.6 Å². The van der Waals surface area contributed by atoms with Crippen LogP contribution in [0.3, 0.4) is 0 Å². The summed E-state index contributed by atoms with van der Waals surface area (Å²) >= 11 is 0. The Morgan fingerprint density at radius 2 is 2.05 bits per heavy atom. The lowest BCUT2D eigenvalue weighted by molar-refractivity contribution is 0.146. The lowest BCUT2D eigenvalue weighted by Gasteiger charge is -2.30. The normalized spacial score (nSPS) is 30.4. The molecule has 2 amide bonds. The van der Waals surface area contributed by atoms with Gasteiger partial charge in [-0.1, -0.05) is 0 Å². The van der Waals surface area contributed by atoms with Crippen molar-refractivity contribution in [1.82, 2.24) is 5.32 Å². The van der Waals surface area contributed by atoms with E-state index >= 15 is 0 Å². The molecular formula is C15H18F2N2O2. The molecule has 0 aliphatic heterocycles. The predicted molar refractivity (Wildman–Crippen MR) is 73.7 cm³/mol. The zero-order valence-electron chi connectivity index (χ0n) is 11.5. The van der Waals surface area contributed by atoms with Crippen LogP contribution in [-0.4, -0.2) is 23.8 Å². The van der Waals surface area contributed by atoms with Gasteiger partial charge in [0.05, 0.1) is 5.69 Å². The molecule has 0 heterocycles. The van der Waals surface area contributed by atoms with Gasteiger partial charge in [0.15, 0.2) is 0 Å². The predicted octanol–water partition coefficient (Wildman–Crippen LogP) is 2.49. The number of hydrogen-bond acceptors (Lipinski definition) is 2. The van der Waals surface area contributed by atoms with E-state index in [1.54, 1.807) is 0 Å². The smallest absolute Gasteiger partial charge is 0.319 e. The highest BCUT2D eigenvalue weighted by atomic mass is 19.1. The highest BCUT2D eigenvalue weighted by molar-refractivity contribution is 5.89. The second-order valence-electron chi connectivity index (χ2n) is 5.93. The Bertz CT molecular complexity index is 552. The molecular weight excluding hydrogens is 278 g/mol. The van der Waals surface area contributed by atoms with Gasteiger partial charge in [-0.15, -0.1) is 0 Å². The Hall–Kier alpha value is -1.69. The van der Waals surface area contributed by atoms with E-state index < -0.39 is 17.7 Å². The first-order valence-electron chi connectivity index (χ1n) is 7.22. The number of urea groups is 1. The zero-order valence-corrected chi connectivity index (χ0v) is 11.5. The average molecular weight is 296 g/mol. The number of hydrogen-bond donors (Lipinski definition) is 3. The minimum Gasteiger partial charge on any atom is -0.396 e. The first kappa shape index (κ1) is 14.3. The molecule has 2 aliphatic carbocycles. The molecule has 6 heteroatoms. The number of nitrogens with one attached hydrogen (secondary N) is 2.